The van der Waals surface area contributed by atoms with Crippen molar-refractivity contribution in [3.63, 3.8) is 0 Å². The Hall–Kier alpha value is -1.07. The highest BCUT2D eigenvalue weighted by atomic mass is 19.4. The largest absolute Gasteiger partial charge is 0.389 e. The summed E-state index contributed by atoms with van der Waals surface area (Å²) in [6.07, 6.45) is -2.07. The predicted octanol–water partition coefficient (Wildman–Crippen LogP) is 3.28. The van der Waals surface area contributed by atoms with Crippen LogP contribution in [-0.4, -0.2) is 12.2 Å². The molecule has 1 unspecified atom stereocenters. The van der Waals surface area contributed by atoms with Gasteiger partial charge in [0.1, 0.15) is 0 Å². The third-order valence-electron chi connectivity index (χ3n) is 4.18. The molecule has 1 aliphatic carbocycles. The van der Waals surface area contributed by atoms with E-state index in [1.54, 1.807) is 0 Å². The fraction of sp³-hybridized carbons (Fsp3) is 0.571. The minimum absolute atomic E-state index is 0.0227. The number of benzene rings is 1. The molecule has 1 saturated carbocycles. The molecule has 1 aromatic rings. The molecule has 0 saturated heterocycles. The van der Waals surface area contributed by atoms with Crippen LogP contribution < -0.4 is 11.3 Å². The standard InChI is InChI=1S/C14H19F3N2/c15-14(16,17)10-7-12(19-18)13(8-4-9-13)11-5-2-1-3-6-11/h1-3,5-6,12,19H,4,7-10,18H2. The second kappa shape index (κ2) is 5.51. The Labute approximate surface area is 111 Å². The summed E-state index contributed by atoms with van der Waals surface area (Å²) in [6, 6.07) is 9.40. The molecule has 0 bridgehead atoms. The van der Waals surface area contributed by atoms with Crippen molar-refractivity contribution in [2.45, 2.75) is 49.7 Å². The maximum absolute atomic E-state index is 12.4. The zero-order chi connectivity index (χ0) is 13.9. The molecule has 19 heavy (non-hydrogen) atoms. The number of rotatable bonds is 5. The minimum atomic E-state index is -4.13. The Balaban J connectivity index is 2.15. The molecular formula is C14H19F3N2. The van der Waals surface area contributed by atoms with Crippen molar-refractivity contribution in [1.29, 1.82) is 0 Å². The fourth-order valence-electron chi connectivity index (χ4n) is 2.99. The average molecular weight is 272 g/mol. The molecule has 0 spiro atoms. The second-order valence-electron chi connectivity index (χ2n) is 5.25. The third kappa shape index (κ3) is 3.09. The van der Waals surface area contributed by atoms with Crippen molar-refractivity contribution in [3.8, 4) is 0 Å². The van der Waals surface area contributed by atoms with Crippen LogP contribution in [0, 0.1) is 0 Å². The van der Waals surface area contributed by atoms with E-state index < -0.39 is 12.6 Å². The fourth-order valence-corrected chi connectivity index (χ4v) is 2.99. The molecule has 1 fully saturated rings. The van der Waals surface area contributed by atoms with Crippen molar-refractivity contribution in [2.24, 2.45) is 5.84 Å². The molecule has 1 aromatic carbocycles. The highest BCUT2D eigenvalue weighted by Crippen LogP contribution is 2.47. The zero-order valence-corrected chi connectivity index (χ0v) is 10.7. The van der Waals surface area contributed by atoms with Crippen LogP contribution in [-0.2, 0) is 5.41 Å². The van der Waals surface area contributed by atoms with E-state index in [0.29, 0.717) is 0 Å². The van der Waals surface area contributed by atoms with E-state index in [1.807, 2.05) is 30.3 Å². The first-order valence-corrected chi connectivity index (χ1v) is 6.56. The highest BCUT2D eigenvalue weighted by molar-refractivity contribution is 5.30. The maximum atomic E-state index is 12.4. The lowest BCUT2D eigenvalue weighted by Crippen LogP contribution is -2.55. The number of hydrazine groups is 1. The van der Waals surface area contributed by atoms with E-state index in [1.165, 1.54) is 0 Å². The van der Waals surface area contributed by atoms with Crippen LogP contribution in [0.3, 0.4) is 0 Å². The Morgan fingerprint density at radius 3 is 2.26 bits per heavy atom. The first-order chi connectivity index (χ1) is 8.98. The molecule has 0 aromatic heterocycles. The third-order valence-corrected chi connectivity index (χ3v) is 4.18. The summed E-state index contributed by atoms with van der Waals surface area (Å²) in [4.78, 5) is 0. The monoisotopic (exact) mass is 272 g/mol. The molecule has 1 aliphatic rings. The van der Waals surface area contributed by atoms with Crippen molar-refractivity contribution in [3.05, 3.63) is 35.9 Å². The van der Waals surface area contributed by atoms with Gasteiger partial charge in [0, 0.05) is 17.9 Å². The molecule has 3 N–H and O–H groups in total. The number of hydrogen-bond acceptors (Lipinski definition) is 2. The molecule has 0 aliphatic heterocycles. The van der Waals surface area contributed by atoms with Crippen LogP contribution in [0.15, 0.2) is 30.3 Å². The molecule has 106 valence electrons. The minimum Gasteiger partial charge on any atom is -0.271 e. The SMILES string of the molecule is NNC(CCC(F)(F)F)C1(c2ccccc2)CCC1. The van der Waals surface area contributed by atoms with Crippen LogP contribution in [0.1, 0.15) is 37.7 Å². The molecule has 0 radical (unpaired) electrons. The van der Waals surface area contributed by atoms with Gasteiger partial charge in [-0.25, -0.2) is 0 Å². The number of halogens is 3. The normalized spacial score (nSPS) is 19.8. The van der Waals surface area contributed by atoms with Gasteiger partial charge in [-0.05, 0) is 24.8 Å². The van der Waals surface area contributed by atoms with Crippen LogP contribution in [0.5, 0.6) is 0 Å². The van der Waals surface area contributed by atoms with E-state index in [4.69, 9.17) is 5.84 Å². The van der Waals surface area contributed by atoms with E-state index in [2.05, 4.69) is 5.43 Å². The summed E-state index contributed by atoms with van der Waals surface area (Å²) in [5.74, 6) is 5.52. The summed E-state index contributed by atoms with van der Waals surface area (Å²) in [5, 5.41) is 0. The Bertz CT molecular complexity index is 399. The van der Waals surface area contributed by atoms with Crippen molar-refractivity contribution < 1.29 is 13.2 Å². The first-order valence-electron chi connectivity index (χ1n) is 6.56. The van der Waals surface area contributed by atoms with Gasteiger partial charge in [-0.15, -0.1) is 0 Å². The lowest BCUT2D eigenvalue weighted by Gasteiger charge is -2.48. The van der Waals surface area contributed by atoms with E-state index in [-0.39, 0.29) is 17.9 Å². The molecule has 2 rings (SSSR count). The summed E-state index contributed by atoms with van der Waals surface area (Å²) < 4.78 is 37.2. The van der Waals surface area contributed by atoms with Gasteiger partial charge in [-0.3, -0.25) is 11.3 Å². The van der Waals surface area contributed by atoms with Crippen LogP contribution in [0.25, 0.3) is 0 Å². The number of nitrogens with one attached hydrogen (secondary N) is 1. The maximum Gasteiger partial charge on any atom is 0.389 e. The molecule has 1 atom stereocenters. The lowest BCUT2D eigenvalue weighted by molar-refractivity contribution is -0.138. The quantitative estimate of drug-likeness (QED) is 0.637. The smallest absolute Gasteiger partial charge is 0.271 e. The van der Waals surface area contributed by atoms with Gasteiger partial charge in [0.15, 0.2) is 0 Å². The number of nitrogens with two attached hydrogens (primary N) is 1. The summed E-state index contributed by atoms with van der Waals surface area (Å²) in [6.45, 7) is 0. The predicted molar refractivity (Wildman–Crippen MR) is 68.4 cm³/mol. The van der Waals surface area contributed by atoms with Gasteiger partial charge < -0.3 is 0 Å². The van der Waals surface area contributed by atoms with Gasteiger partial charge >= 0.3 is 6.18 Å². The van der Waals surface area contributed by atoms with E-state index in [0.717, 1.165) is 24.8 Å². The van der Waals surface area contributed by atoms with Gasteiger partial charge in [-0.1, -0.05) is 36.8 Å². The van der Waals surface area contributed by atoms with Crippen molar-refractivity contribution >= 4 is 0 Å². The van der Waals surface area contributed by atoms with Gasteiger partial charge in [0.25, 0.3) is 0 Å². The number of alkyl halides is 3. The summed E-state index contributed by atoms with van der Waals surface area (Å²) >= 11 is 0. The van der Waals surface area contributed by atoms with E-state index in [9.17, 15) is 13.2 Å². The Morgan fingerprint density at radius 2 is 1.84 bits per heavy atom. The second-order valence-corrected chi connectivity index (χ2v) is 5.25. The van der Waals surface area contributed by atoms with Gasteiger partial charge in [-0.2, -0.15) is 13.2 Å². The lowest BCUT2D eigenvalue weighted by atomic mass is 9.59. The van der Waals surface area contributed by atoms with Crippen molar-refractivity contribution in [2.75, 3.05) is 0 Å². The van der Waals surface area contributed by atoms with Crippen LogP contribution in [0.4, 0.5) is 13.2 Å². The zero-order valence-electron chi connectivity index (χ0n) is 10.7. The first kappa shape index (κ1) is 14.3. The molecular weight excluding hydrogens is 253 g/mol. The molecule has 0 heterocycles. The van der Waals surface area contributed by atoms with Crippen LogP contribution >= 0.6 is 0 Å². The Morgan fingerprint density at radius 1 is 1.21 bits per heavy atom. The highest BCUT2D eigenvalue weighted by Gasteiger charge is 2.45. The summed E-state index contributed by atoms with van der Waals surface area (Å²) in [5.41, 5.74) is 3.47. The topological polar surface area (TPSA) is 38.0 Å². The van der Waals surface area contributed by atoms with Gasteiger partial charge in [0.2, 0.25) is 0 Å². The summed E-state index contributed by atoms with van der Waals surface area (Å²) in [7, 11) is 0. The van der Waals surface area contributed by atoms with Gasteiger partial charge in [0.05, 0.1) is 0 Å². The molecule has 0 amide bonds. The Kier molecular flexibility index (Phi) is 4.16. The van der Waals surface area contributed by atoms with Crippen LogP contribution in [0.2, 0.25) is 0 Å². The van der Waals surface area contributed by atoms with E-state index >= 15 is 0 Å². The molecule has 5 heteroatoms. The van der Waals surface area contributed by atoms with Crippen molar-refractivity contribution in [1.82, 2.24) is 5.43 Å². The average Bonchev–Trinajstić information content (AvgIpc) is 2.32. The number of hydrogen-bond donors (Lipinski definition) is 2. The molecule has 2 nitrogen and oxygen atoms in total.